The van der Waals surface area contributed by atoms with Crippen molar-refractivity contribution in [2.45, 2.75) is 51.9 Å². The zero-order valence-corrected chi connectivity index (χ0v) is 20.8. The second-order valence-electron chi connectivity index (χ2n) is 10.6. The molecule has 0 aromatic heterocycles. The Hall–Kier alpha value is -3.20. The van der Waals surface area contributed by atoms with E-state index in [2.05, 4.69) is 0 Å². The molecule has 9 heteroatoms. The Kier molecular flexibility index (Phi) is 7.49. The highest BCUT2D eigenvalue weighted by Crippen LogP contribution is 2.38. The minimum Gasteiger partial charge on any atom is -0.493 e. The molecular formula is C27H33F2N3O4. The number of nitrogens with zero attached hydrogens (tertiary/aromatic N) is 2. The predicted molar refractivity (Wildman–Crippen MR) is 130 cm³/mol. The standard InChI is InChI=1S/C27H33F2N3O4/c1-27(2,3)24(30)25(33)31-12-11-22-23(31)18(16-35-19-9-10-20(28)21(29)13-19)14-32(22)26(34)36-15-17-7-5-4-6-8-17/h4-10,13,18,22-24H,11-12,14-16,30H2,1-3H3/t18-,22-,23-,24-/m1/s1. The molecule has 0 bridgehead atoms. The molecule has 7 nitrogen and oxygen atoms in total. The van der Waals surface area contributed by atoms with Crippen molar-refractivity contribution >= 4 is 12.0 Å². The molecule has 2 heterocycles. The van der Waals surface area contributed by atoms with Crippen LogP contribution in [-0.2, 0) is 16.1 Å². The minimum absolute atomic E-state index is 0.114. The van der Waals surface area contributed by atoms with Crippen molar-refractivity contribution in [3.63, 3.8) is 0 Å². The van der Waals surface area contributed by atoms with Gasteiger partial charge < -0.3 is 25.0 Å². The molecule has 2 aromatic rings. The maximum Gasteiger partial charge on any atom is 0.410 e. The molecule has 2 fully saturated rings. The number of rotatable bonds is 6. The fourth-order valence-electron chi connectivity index (χ4n) is 4.94. The van der Waals surface area contributed by atoms with Crippen molar-refractivity contribution in [2.75, 3.05) is 19.7 Å². The summed E-state index contributed by atoms with van der Waals surface area (Å²) < 4.78 is 38.4. The number of hydrogen-bond donors (Lipinski definition) is 1. The lowest BCUT2D eigenvalue weighted by Crippen LogP contribution is -2.54. The molecule has 0 saturated carbocycles. The number of amides is 2. The summed E-state index contributed by atoms with van der Waals surface area (Å²) >= 11 is 0. The summed E-state index contributed by atoms with van der Waals surface area (Å²) in [6.45, 7) is 6.76. The van der Waals surface area contributed by atoms with Gasteiger partial charge in [-0.15, -0.1) is 0 Å². The molecule has 4 rings (SSSR count). The lowest BCUT2D eigenvalue weighted by Gasteiger charge is -2.34. The molecule has 0 radical (unpaired) electrons. The number of halogens is 2. The number of ether oxygens (including phenoxy) is 2. The minimum atomic E-state index is -1.00. The molecule has 0 aliphatic carbocycles. The molecule has 0 spiro atoms. The smallest absolute Gasteiger partial charge is 0.410 e. The average Bonchev–Trinajstić information content (AvgIpc) is 3.43. The van der Waals surface area contributed by atoms with Crippen molar-refractivity contribution in [1.29, 1.82) is 0 Å². The molecule has 0 unspecified atom stereocenters. The van der Waals surface area contributed by atoms with Gasteiger partial charge in [0.2, 0.25) is 5.91 Å². The zero-order valence-electron chi connectivity index (χ0n) is 20.8. The fourth-order valence-corrected chi connectivity index (χ4v) is 4.94. The number of likely N-dealkylation sites (tertiary alicyclic amines) is 2. The largest absolute Gasteiger partial charge is 0.493 e. The van der Waals surface area contributed by atoms with Crippen LogP contribution in [0.3, 0.4) is 0 Å². The second-order valence-corrected chi connectivity index (χ2v) is 10.6. The maximum absolute atomic E-state index is 13.7. The first-order valence-electron chi connectivity index (χ1n) is 12.2. The van der Waals surface area contributed by atoms with E-state index in [-0.39, 0.29) is 42.9 Å². The average molecular weight is 502 g/mol. The SMILES string of the molecule is CC(C)(C)[C@H](N)C(=O)N1CC[C@@H]2[C@H]1[C@@H](COc1ccc(F)c(F)c1)CN2C(=O)OCc1ccccc1. The summed E-state index contributed by atoms with van der Waals surface area (Å²) in [7, 11) is 0. The summed E-state index contributed by atoms with van der Waals surface area (Å²) in [5.41, 5.74) is 6.74. The number of fused-ring (bicyclic) bond motifs is 1. The van der Waals surface area contributed by atoms with Crippen LogP contribution in [0.4, 0.5) is 13.6 Å². The Labute approximate surface area is 210 Å². The highest BCUT2D eigenvalue weighted by molar-refractivity contribution is 5.83. The molecule has 2 aromatic carbocycles. The highest BCUT2D eigenvalue weighted by atomic mass is 19.2. The van der Waals surface area contributed by atoms with E-state index in [4.69, 9.17) is 15.2 Å². The number of benzene rings is 2. The van der Waals surface area contributed by atoms with E-state index in [0.29, 0.717) is 19.5 Å². The summed E-state index contributed by atoms with van der Waals surface area (Å²) in [6.07, 6.45) is 0.133. The van der Waals surface area contributed by atoms with Crippen LogP contribution < -0.4 is 10.5 Å². The van der Waals surface area contributed by atoms with Gasteiger partial charge in [0, 0.05) is 25.1 Å². The van der Waals surface area contributed by atoms with E-state index >= 15 is 0 Å². The van der Waals surface area contributed by atoms with Crippen molar-refractivity contribution in [3.05, 3.63) is 65.7 Å². The molecule has 4 atom stereocenters. The highest BCUT2D eigenvalue weighted by Gasteiger charge is 2.53. The van der Waals surface area contributed by atoms with Crippen molar-refractivity contribution < 1.29 is 27.8 Å². The first-order valence-corrected chi connectivity index (χ1v) is 12.2. The molecule has 2 aliphatic rings. The first-order chi connectivity index (χ1) is 17.1. The lowest BCUT2D eigenvalue weighted by molar-refractivity contribution is -0.136. The van der Waals surface area contributed by atoms with Crippen LogP contribution in [0.1, 0.15) is 32.8 Å². The quantitative estimate of drug-likeness (QED) is 0.648. The van der Waals surface area contributed by atoms with Gasteiger partial charge in [-0.05, 0) is 29.5 Å². The molecule has 2 amide bonds. The summed E-state index contributed by atoms with van der Waals surface area (Å²) in [6, 6.07) is 11.5. The third-order valence-electron chi connectivity index (χ3n) is 7.01. The number of carbonyl (C=O) groups is 2. The Balaban J connectivity index is 1.51. The lowest BCUT2D eigenvalue weighted by atomic mass is 9.86. The number of carbonyl (C=O) groups excluding carboxylic acids is 2. The van der Waals surface area contributed by atoms with Crippen LogP contribution in [0.15, 0.2) is 48.5 Å². The van der Waals surface area contributed by atoms with Gasteiger partial charge in [0.1, 0.15) is 12.4 Å². The molecule has 2 N–H and O–H groups in total. The van der Waals surface area contributed by atoms with Gasteiger partial charge in [0.15, 0.2) is 11.6 Å². The van der Waals surface area contributed by atoms with Gasteiger partial charge in [-0.25, -0.2) is 13.6 Å². The predicted octanol–water partition coefficient (Wildman–Crippen LogP) is 3.96. The van der Waals surface area contributed by atoms with Gasteiger partial charge in [-0.2, -0.15) is 0 Å². The first kappa shape index (κ1) is 25.9. The summed E-state index contributed by atoms with van der Waals surface area (Å²) in [5, 5.41) is 0. The van der Waals surface area contributed by atoms with Gasteiger partial charge >= 0.3 is 6.09 Å². The third kappa shape index (κ3) is 5.46. The second kappa shape index (κ2) is 10.4. The van der Waals surface area contributed by atoms with Crippen molar-refractivity contribution in [1.82, 2.24) is 9.80 Å². The van der Waals surface area contributed by atoms with Crippen molar-refractivity contribution in [3.8, 4) is 5.75 Å². The van der Waals surface area contributed by atoms with Crippen LogP contribution in [0.25, 0.3) is 0 Å². The van der Waals surface area contributed by atoms with Crippen LogP contribution in [0.5, 0.6) is 5.75 Å². The number of hydrogen-bond acceptors (Lipinski definition) is 5. The Bertz CT molecular complexity index is 1090. The van der Waals surface area contributed by atoms with Gasteiger partial charge in [0.05, 0.1) is 24.7 Å². The normalized spacial score (nSPS) is 22.3. The van der Waals surface area contributed by atoms with E-state index in [1.54, 1.807) is 9.80 Å². The molecule has 2 aliphatic heterocycles. The topological polar surface area (TPSA) is 85.1 Å². The van der Waals surface area contributed by atoms with Crippen LogP contribution in [0.2, 0.25) is 0 Å². The Morgan fingerprint density at radius 3 is 2.47 bits per heavy atom. The van der Waals surface area contributed by atoms with E-state index in [9.17, 15) is 18.4 Å². The van der Waals surface area contributed by atoms with Gasteiger partial charge in [0.25, 0.3) is 0 Å². The zero-order chi connectivity index (χ0) is 26.0. The number of nitrogens with two attached hydrogens (primary N) is 1. The van der Waals surface area contributed by atoms with E-state index < -0.39 is 29.2 Å². The van der Waals surface area contributed by atoms with Crippen LogP contribution >= 0.6 is 0 Å². The third-order valence-corrected chi connectivity index (χ3v) is 7.01. The molecule has 2 saturated heterocycles. The van der Waals surface area contributed by atoms with Crippen LogP contribution in [0, 0.1) is 23.0 Å². The Morgan fingerprint density at radius 1 is 1.08 bits per heavy atom. The van der Waals surface area contributed by atoms with Crippen LogP contribution in [-0.4, -0.2) is 59.6 Å². The maximum atomic E-state index is 13.7. The van der Waals surface area contributed by atoms with Gasteiger partial charge in [-0.3, -0.25) is 4.79 Å². The van der Waals surface area contributed by atoms with E-state index in [0.717, 1.165) is 17.7 Å². The molecule has 194 valence electrons. The van der Waals surface area contributed by atoms with E-state index in [1.165, 1.54) is 6.07 Å². The molecular weight excluding hydrogens is 468 g/mol. The summed E-state index contributed by atoms with van der Waals surface area (Å²) in [4.78, 5) is 29.8. The Morgan fingerprint density at radius 2 is 1.81 bits per heavy atom. The summed E-state index contributed by atoms with van der Waals surface area (Å²) in [5.74, 6) is -2.22. The molecule has 36 heavy (non-hydrogen) atoms. The fraction of sp³-hybridized carbons (Fsp3) is 0.481. The van der Waals surface area contributed by atoms with E-state index in [1.807, 2.05) is 51.1 Å². The van der Waals surface area contributed by atoms with Gasteiger partial charge in [-0.1, -0.05) is 51.1 Å². The monoisotopic (exact) mass is 501 g/mol. The van der Waals surface area contributed by atoms with Crippen molar-refractivity contribution in [2.24, 2.45) is 17.1 Å².